The van der Waals surface area contributed by atoms with Gasteiger partial charge in [-0.05, 0) is 39.1 Å². The molecule has 0 aliphatic carbocycles. The maximum Gasteiger partial charge on any atom is 0.253 e. The zero-order valence-corrected chi connectivity index (χ0v) is 13.4. The van der Waals surface area contributed by atoms with E-state index in [-0.39, 0.29) is 11.9 Å². The number of nitrogens with zero attached hydrogens (tertiary/aromatic N) is 1. The molecule has 0 heterocycles. The van der Waals surface area contributed by atoms with Crippen molar-refractivity contribution in [3.8, 4) is 0 Å². The molecule has 0 spiro atoms. The van der Waals surface area contributed by atoms with Gasteiger partial charge >= 0.3 is 0 Å². The van der Waals surface area contributed by atoms with Gasteiger partial charge in [-0.15, -0.1) is 0 Å². The Hall–Kier alpha value is -1.55. The van der Waals surface area contributed by atoms with Crippen LogP contribution in [0.1, 0.15) is 29.8 Å². The summed E-state index contributed by atoms with van der Waals surface area (Å²) in [4.78, 5) is 14.6. The minimum absolute atomic E-state index is 0.0152. The van der Waals surface area contributed by atoms with Gasteiger partial charge < -0.3 is 15.5 Å². The number of anilines is 1. The van der Waals surface area contributed by atoms with E-state index >= 15 is 0 Å². The number of rotatable bonds is 6. The summed E-state index contributed by atoms with van der Waals surface area (Å²) in [6.07, 6.45) is 0. The molecule has 0 bridgehead atoms. The van der Waals surface area contributed by atoms with Crippen LogP contribution < -0.4 is 10.6 Å². The summed E-state index contributed by atoms with van der Waals surface area (Å²) in [6.45, 7) is 7.09. The van der Waals surface area contributed by atoms with Crippen LogP contribution in [-0.4, -0.2) is 44.5 Å². The van der Waals surface area contributed by atoms with Crippen molar-refractivity contribution in [3.63, 3.8) is 0 Å². The molecule has 0 fully saturated rings. The molecule has 0 aliphatic rings. The van der Waals surface area contributed by atoms with Crippen LogP contribution in [0.3, 0.4) is 0 Å². The van der Waals surface area contributed by atoms with Crippen molar-refractivity contribution in [2.24, 2.45) is 5.92 Å². The third kappa shape index (κ3) is 4.53. The van der Waals surface area contributed by atoms with Gasteiger partial charge in [-0.2, -0.15) is 0 Å². The lowest BCUT2D eigenvalue weighted by Crippen LogP contribution is -2.45. The number of hydrogen-bond donors (Lipinski definition) is 2. The minimum Gasteiger partial charge on any atom is -0.387 e. The molecule has 1 aromatic rings. The molecule has 0 aliphatic heterocycles. The van der Waals surface area contributed by atoms with Crippen LogP contribution in [0.15, 0.2) is 18.2 Å². The highest BCUT2D eigenvalue weighted by molar-refractivity contribution is 6.00. The van der Waals surface area contributed by atoms with Gasteiger partial charge in [0.2, 0.25) is 0 Å². The van der Waals surface area contributed by atoms with Crippen molar-refractivity contribution in [1.82, 2.24) is 10.2 Å². The molecule has 1 rings (SSSR count). The quantitative estimate of drug-likeness (QED) is 0.839. The van der Waals surface area contributed by atoms with Crippen molar-refractivity contribution >= 4 is 11.6 Å². The van der Waals surface area contributed by atoms with Gasteiger partial charge in [-0.3, -0.25) is 4.79 Å². The van der Waals surface area contributed by atoms with E-state index in [1.807, 2.05) is 46.3 Å². The normalized spacial score (nSPS) is 12.6. The van der Waals surface area contributed by atoms with Crippen LogP contribution in [0.25, 0.3) is 0 Å². The van der Waals surface area contributed by atoms with E-state index in [1.54, 1.807) is 0 Å². The molecule has 1 aromatic carbocycles. The molecule has 1 amide bonds. The molecule has 1 unspecified atom stereocenters. The first-order valence-corrected chi connectivity index (χ1v) is 7.09. The third-order valence-electron chi connectivity index (χ3n) is 3.37. The Labute approximate surface area is 122 Å². The van der Waals surface area contributed by atoms with Crippen LogP contribution in [0.2, 0.25) is 0 Å². The Kier molecular flexibility index (Phi) is 6.02. The van der Waals surface area contributed by atoms with E-state index in [4.69, 9.17) is 0 Å². The van der Waals surface area contributed by atoms with E-state index in [0.29, 0.717) is 11.5 Å². The van der Waals surface area contributed by atoms with E-state index in [2.05, 4.69) is 29.4 Å². The number of benzene rings is 1. The molecule has 2 N–H and O–H groups in total. The monoisotopic (exact) mass is 277 g/mol. The number of nitrogens with one attached hydrogen (secondary N) is 2. The third-order valence-corrected chi connectivity index (χ3v) is 3.37. The summed E-state index contributed by atoms with van der Waals surface area (Å²) >= 11 is 0. The SMILES string of the molecule is CNc1ccc(C)cc1C(=O)NC(CN(C)C)C(C)C. The predicted octanol–water partition coefficient (Wildman–Crippen LogP) is 2.35. The Balaban J connectivity index is 2.91. The van der Waals surface area contributed by atoms with E-state index in [1.165, 1.54) is 0 Å². The average Bonchev–Trinajstić information content (AvgIpc) is 2.37. The Bertz CT molecular complexity index is 455. The van der Waals surface area contributed by atoms with Crippen molar-refractivity contribution in [1.29, 1.82) is 0 Å². The summed E-state index contributed by atoms with van der Waals surface area (Å²) in [5.41, 5.74) is 2.65. The molecule has 20 heavy (non-hydrogen) atoms. The Morgan fingerprint density at radius 2 is 1.95 bits per heavy atom. The fraction of sp³-hybridized carbons (Fsp3) is 0.562. The molecular weight excluding hydrogens is 250 g/mol. The summed E-state index contributed by atoms with van der Waals surface area (Å²) in [6, 6.07) is 6.01. The number of hydrogen-bond acceptors (Lipinski definition) is 3. The highest BCUT2D eigenvalue weighted by Gasteiger charge is 2.19. The molecule has 1 atom stereocenters. The largest absolute Gasteiger partial charge is 0.387 e. The number of aryl methyl sites for hydroxylation is 1. The lowest BCUT2D eigenvalue weighted by atomic mass is 10.0. The molecule has 112 valence electrons. The zero-order chi connectivity index (χ0) is 15.3. The van der Waals surface area contributed by atoms with Gasteiger partial charge in [-0.25, -0.2) is 0 Å². The van der Waals surface area contributed by atoms with Gasteiger partial charge in [0.05, 0.1) is 5.56 Å². The lowest BCUT2D eigenvalue weighted by molar-refractivity contribution is 0.0917. The second-order valence-corrected chi connectivity index (χ2v) is 5.89. The molecule has 0 radical (unpaired) electrons. The van der Waals surface area contributed by atoms with Crippen LogP contribution in [0.5, 0.6) is 0 Å². The van der Waals surface area contributed by atoms with Gasteiger partial charge in [0.25, 0.3) is 5.91 Å². The topological polar surface area (TPSA) is 44.4 Å². The highest BCUT2D eigenvalue weighted by Crippen LogP contribution is 2.17. The molecular formula is C16H27N3O. The van der Waals surface area contributed by atoms with Crippen molar-refractivity contribution in [2.75, 3.05) is 33.0 Å². The van der Waals surface area contributed by atoms with Gasteiger partial charge in [0, 0.05) is 25.3 Å². The van der Waals surface area contributed by atoms with E-state index < -0.39 is 0 Å². The fourth-order valence-electron chi connectivity index (χ4n) is 2.13. The lowest BCUT2D eigenvalue weighted by Gasteiger charge is -2.26. The summed E-state index contributed by atoms with van der Waals surface area (Å²) in [5, 5.41) is 6.22. The number of likely N-dealkylation sites (N-methyl/N-ethyl adjacent to an activating group) is 1. The predicted molar refractivity (Wildman–Crippen MR) is 85.4 cm³/mol. The molecule has 0 saturated heterocycles. The maximum atomic E-state index is 12.5. The molecule has 0 aromatic heterocycles. The first-order valence-electron chi connectivity index (χ1n) is 7.09. The Morgan fingerprint density at radius 1 is 1.30 bits per heavy atom. The fourth-order valence-corrected chi connectivity index (χ4v) is 2.13. The summed E-state index contributed by atoms with van der Waals surface area (Å²) < 4.78 is 0. The second-order valence-electron chi connectivity index (χ2n) is 5.89. The highest BCUT2D eigenvalue weighted by atomic mass is 16.1. The van der Waals surface area contributed by atoms with Crippen LogP contribution in [-0.2, 0) is 0 Å². The van der Waals surface area contributed by atoms with Crippen LogP contribution in [0.4, 0.5) is 5.69 Å². The summed E-state index contributed by atoms with van der Waals surface area (Å²) in [5.74, 6) is 0.378. The first kappa shape index (κ1) is 16.5. The number of amides is 1. The number of carbonyl (C=O) groups is 1. The summed E-state index contributed by atoms with van der Waals surface area (Å²) in [7, 11) is 5.88. The Morgan fingerprint density at radius 3 is 2.45 bits per heavy atom. The van der Waals surface area contributed by atoms with Crippen LogP contribution >= 0.6 is 0 Å². The van der Waals surface area contributed by atoms with Crippen molar-refractivity contribution < 1.29 is 4.79 Å². The minimum atomic E-state index is -0.0152. The first-order chi connectivity index (χ1) is 9.35. The average molecular weight is 277 g/mol. The van der Waals surface area contributed by atoms with E-state index in [9.17, 15) is 4.79 Å². The maximum absolute atomic E-state index is 12.5. The number of carbonyl (C=O) groups excluding carboxylic acids is 1. The molecule has 0 saturated carbocycles. The molecule has 4 heteroatoms. The van der Waals surface area contributed by atoms with Crippen molar-refractivity contribution in [2.45, 2.75) is 26.8 Å². The van der Waals surface area contributed by atoms with E-state index in [0.717, 1.165) is 17.8 Å². The molecule has 4 nitrogen and oxygen atoms in total. The van der Waals surface area contributed by atoms with Gasteiger partial charge in [0.15, 0.2) is 0 Å². The zero-order valence-electron chi connectivity index (χ0n) is 13.4. The second kappa shape index (κ2) is 7.29. The standard InChI is InChI=1S/C16H27N3O/c1-11(2)15(10-19(5)6)18-16(20)13-9-12(3)7-8-14(13)17-4/h7-9,11,15,17H,10H2,1-6H3,(H,18,20). The smallest absolute Gasteiger partial charge is 0.253 e. The van der Waals surface area contributed by atoms with Gasteiger partial charge in [-0.1, -0.05) is 25.5 Å². The van der Waals surface area contributed by atoms with Gasteiger partial charge in [0.1, 0.15) is 0 Å². The van der Waals surface area contributed by atoms with Crippen molar-refractivity contribution in [3.05, 3.63) is 29.3 Å². The van der Waals surface area contributed by atoms with Crippen LogP contribution in [0, 0.1) is 12.8 Å².